The van der Waals surface area contributed by atoms with E-state index in [0.29, 0.717) is 0 Å². The van der Waals surface area contributed by atoms with Gasteiger partial charge in [-0.05, 0) is 20.8 Å². The van der Waals surface area contributed by atoms with Crippen LogP contribution in [-0.2, 0) is 19.1 Å². The Bertz CT molecular complexity index is 345. The van der Waals surface area contributed by atoms with E-state index in [1.54, 1.807) is 0 Å². The Hall–Kier alpha value is -0.610. The van der Waals surface area contributed by atoms with Gasteiger partial charge in [0.25, 0.3) is 0 Å². The summed E-state index contributed by atoms with van der Waals surface area (Å²) in [7, 11) is 0. The highest BCUT2D eigenvalue weighted by Crippen LogP contribution is 2.21. The van der Waals surface area contributed by atoms with Gasteiger partial charge in [-0.1, -0.05) is 23.5 Å². The van der Waals surface area contributed by atoms with E-state index in [0.717, 1.165) is 23.5 Å². The first-order chi connectivity index (χ1) is 9.65. The van der Waals surface area contributed by atoms with Crippen LogP contribution in [0, 0.1) is 0 Å². The van der Waals surface area contributed by atoms with Crippen LogP contribution in [0.3, 0.4) is 0 Å². The highest BCUT2D eigenvalue weighted by atomic mass is 32.2. The van der Waals surface area contributed by atoms with E-state index in [9.17, 15) is 14.4 Å². The molecule has 0 aromatic carbocycles. The molecule has 9 heteroatoms. The monoisotopic (exact) mass is 340 g/mol. The number of ether oxygens (including phenoxy) is 1. The Morgan fingerprint density at radius 1 is 0.952 bits per heavy atom. The molecular weight excluding hydrogens is 320 g/mol. The minimum absolute atomic E-state index is 0.125. The van der Waals surface area contributed by atoms with Crippen molar-refractivity contribution in [2.24, 2.45) is 0 Å². The first-order valence-corrected chi connectivity index (χ1v) is 8.09. The van der Waals surface area contributed by atoms with Crippen LogP contribution in [-0.4, -0.2) is 67.4 Å². The molecule has 122 valence electrons. The molecule has 0 aliphatic heterocycles. The molecule has 0 bridgehead atoms. The molecule has 0 aromatic heterocycles. The number of thioether (sulfide) groups is 2. The minimum atomic E-state index is -1.28. The summed E-state index contributed by atoms with van der Waals surface area (Å²) in [4.78, 5) is 34.0. The molecule has 0 amide bonds. The smallest absolute Gasteiger partial charge is 0.334 e. The number of carbonyl (C=O) groups excluding carboxylic acids is 3. The Morgan fingerprint density at radius 3 is 1.90 bits per heavy atom. The lowest BCUT2D eigenvalue weighted by Crippen LogP contribution is -2.28. The van der Waals surface area contributed by atoms with E-state index in [-0.39, 0.29) is 12.4 Å². The zero-order chi connectivity index (χ0) is 16.6. The van der Waals surface area contributed by atoms with Crippen molar-refractivity contribution in [1.82, 2.24) is 0 Å². The molecule has 0 saturated carbocycles. The summed E-state index contributed by atoms with van der Waals surface area (Å²) < 4.78 is 4.81. The fourth-order valence-corrected chi connectivity index (χ4v) is 2.80. The highest BCUT2D eigenvalue weighted by Gasteiger charge is 2.23. The van der Waals surface area contributed by atoms with Crippen LogP contribution >= 0.6 is 23.5 Å². The summed E-state index contributed by atoms with van der Waals surface area (Å²) in [6, 6.07) is 0. The fourth-order valence-electron chi connectivity index (χ4n) is 0.970. The molecule has 0 fully saturated rings. The summed E-state index contributed by atoms with van der Waals surface area (Å²) >= 11 is 1.57. The predicted octanol–water partition coefficient (Wildman–Crippen LogP) is -0.440. The maximum Gasteiger partial charge on any atom is 0.334 e. The summed E-state index contributed by atoms with van der Waals surface area (Å²) in [6.45, 7) is 3.69. The van der Waals surface area contributed by atoms with Crippen molar-refractivity contribution in [2.75, 3.05) is 12.4 Å². The lowest BCUT2D eigenvalue weighted by Gasteiger charge is -2.17. The van der Waals surface area contributed by atoms with Gasteiger partial charge in [-0.15, -0.1) is 0 Å². The van der Waals surface area contributed by atoms with Gasteiger partial charge in [0.1, 0.15) is 24.9 Å². The van der Waals surface area contributed by atoms with Crippen molar-refractivity contribution in [3.63, 3.8) is 0 Å². The average molecular weight is 340 g/mol. The van der Waals surface area contributed by atoms with Crippen LogP contribution in [0.15, 0.2) is 0 Å². The normalized spacial score (nSPS) is 16.7. The van der Waals surface area contributed by atoms with Crippen molar-refractivity contribution < 1.29 is 34.4 Å². The topological polar surface area (TPSA) is 121 Å². The van der Waals surface area contributed by atoms with Crippen LogP contribution in [0.2, 0.25) is 0 Å². The molecule has 3 N–H and O–H groups in total. The number of carbonyl (C=O) groups is 3. The van der Waals surface area contributed by atoms with E-state index < -0.39 is 39.8 Å². The maximum atomic E-state index is 11.5. The number of aliphatic hydroxyl groups is 3. The Balaban J connectivity index is 4.50. The molecule has 7 nitrogen and oxygen atoms in total. The van der Waals surface area contributed by atoms with Crippen LogP contribution in [0.4, 0.5) is 0 Å². The number of esters is 1. The van der Waals surface area contributed by atoms with Gasteiger partial charge in [-0.2, -0.15) is 0 Å². The van der Waals surface area contributed by atoms with Gasteiger partial charge in [0.2, 0.25) is 10.2 Å². The second-order valence-corrected chi connectivity index (χ2v) is 6.68. The molecule has 4 unspecified atom stereocenters. The van der Waals surface area contributed by atoms with Gasteiger partial charge in [0.15, 0.2) is 0 Å². The minimum Gasteiger partial charge on any atom is -0.463 e. The number of rotatable bonds is 8. The van der Waals surface area contributed by atoms with Gasteiger partial charge in [0, 0.05) is 5.75 Å². The molecule has 0 rings (SSSR count). The van der Waals surface area contributed by atoms with Gasteiger partial charge >= 0.3 is 5.97 Å². The van der Waals surface area contributed by atoms with E-state index in [1.807, 2.05) is 0 Å². The van der Waals surface area contributed by atoms with Gasteiger partial charge < -0.3 is 20.1 Å². The predicted molar refractivity (Wildman–Crippen MR) is 79.9 cm³/mol. The standard InChI is InChI=1S/C12H20O7S2/c1-6(13)10(16)19-4-9(21-12(18)8(3)15)5-20-11(17)7(2)14/h6-9,13-15H,4-5H2,1-3H3. The molecule has 0 aliphatic rings. The third-order valence-electron chi connectivity index (χ3n) is 2.13. The van der Waals surface area contributed by atoms with Crippen molar-refractivity contribution in [3.8, 4) is 0 Å². The largest absolute Gasteiger partial charge is 0.463 e. The zero-order valence-corrected chi connectivity index (χ0v) is 13.6. The average Bonchev–Trinajstić information content (AvgIpc) is 2.40. The van der Waals surface area contributed by atoms with Gasteiger partial charge in [-0.25, -0.2) is 4.79 Å². The number of hydrogen-bond acceptors (Lipinski definition) is 9. The maximum absolute atomic E-state index is 11.5. The number of aliphatic hydroxyl groups excluding tert-OH is 3. The highest BCUT2D eigenvalue weighted by molar-refractivity contribution is 8.17. The van der Waals surface area contributed by atoms with Crippen molar-refractivity contribution in [1.29, 1.82) is 0 Å². The quantitative estimate of drug-likeness (QED) is 0.505. The lowest BCUT2D eigenvalue weighted by atomic mass is 10.4. The molecule has 0 spiro atoms. The third kappa shape index (κ3) is 9.10. The van der Waals surface area contributed by atoms with Crippen LogP contribution in [0.5, 0.6) is 0 Å². The van der Waals surface area contributed by atoms with Crippen LogP contribution < -0.4 is 0 Å². The molecule has 21 heavy (non-hydrogen) atoms. The summed E-state index contributed by atoms with van der Waals surface area (Å²) in [6.07, 6.45) is -3.59. The molecule has 0 radical (unpaired) electrons. The summed E-state index contributed by atoms with van der Waals surface area (Å²) in [5.41, 5.74) is 0. The van der Waals surface area contributed by atoms with Crippen molar-refractivity contribution in [3.05, 3.63) is 0 Å². The third-order valence-corrected chi connectivity index (χ3v) is 4.74. The van der Waals surface area contributed by atoms with E-state index in [4.69, 9.17) is 20.1 Å². The first kappa shape index (κ1) is 20.4. The van der Waals surface area contributed by atoms with E-state index in [1.165, 1.54) is 20.8 Å². The van der Waals surface area contributed by atoms with Crippen LogP contribution in [0.1, 0.15) is 20.8 Å². The molecule has 4 atom stereocenters. The first-order valence-electron chi connectivity index (χ1n) is 6.23. The summed E-state index contributed by atoms with van der Waals surface area (Å²) in [5.74, 6) is -0.711. The van der Waals surface area contributed by atoms with E-state index >= 15 is 0 Å². The second-order valence-electron chi connectivity index (χ2n) is 4.35. The molecule has 0 aromatic rings. The van der Waals surface area contributed by atoms with Crippen molar-refractivity contribution in [2.45, 2.75) is 44.3 Å². The fraction of sp³-hybridized carbons (Fsp3) is 0.750. The Kier molecular flexibility index (Phi) is 9.88. The zero-order valence-electron chi connectivity index (χ0n) is 12.0. The summed E-state index contributed by atoms with van der Waals surface area (Å²) in [5, 5.41) is 25.7. The molecule has 0 heterocycles. The molecular formula is C12H20O7S2. The number of hydrogen-bond donors (Lipinski definition) is 3. The molecule has 0 aliphatic carbocycles. The molecule has 0 saturated heterocycles. The Morgan fingerprint density at radius 2 is 1.48 bits per heavy atom. The van der Waals surface area contributed by atoms with E-state index in [2.05, 4.69) is 0 Å². The lowest BCUT2D eigenvalue weighted by molar-refractivity contribution is -0.152. The van der Waals surface area contributed by atoms with Gasteiger partial charge in [0.05, 0.1) is 5.25 Å². The second kappa shape index (κ2) is 10.2. The van der Waals surface area contributed by atoms with Gasteiger partial charge in [-0.3, -0.25) is 9.59 Å². The van der Waals surface area contributed by atoms with Crippen molar-refractivity contribution >= 4 is 39.7 Å². The van der Waals surface area contributed by atoms with Crippen LogP contribution in [0.25, 0.3) is 0 Å². The SMILES string of the molecule is CC(O)C(=O)OCC(CSC(=O)C(C)O)SC(=O)C(C)O. The Labute approximate surface area is 131 Å².